The number of hydrogen-bond donors (Lipinski definition) is 3. The molecule has 2 aliphatic rings. The Morgan fingerprint density at radius 3 is 2.27 bits per heavy atom. The second-order valence-corrected chi connectivity index (χ2v) is 13.8. The molecular weight excluding hydrogens is 572 g/mol. The number of carbonyl (C=O) groups is 3. The van der Waals surface area contributed by atoms with Crippen LogP contribution in [-0.2, 0) is 16.0 Å². The number of halogens is 1. The minimum atomic E-state index is -0.738. The van der Waals surface area contributed by atoms with Crippen LogP contribution in [0, 0.1) is 11.8 Å². The molecule has 2 aromatic carbocycles. The molecule has 1 saturated heterocycles. The molecule has 1 saturated carbocycles. The second-order valence-electron chi connectivity index (χ2n) is 13.3. The van der Waals surface area contributed by atoms with Crippen molar-refractivity contribution in [2.75, 3.05) is 20.1 Å². The smallest absolute Gasteiger partial charge is 0.251 e. The first-order valence-corrected chi connectivity index (χ1v) is 16.9. The number of nitrogens with zero attached hydrogens (tertiary/aromatic N) is 1. The van der Waals surface area contributed by atoms with Gasteiger partial charge in [-0.05, 0) is 112 Å². The fourth-order valence-electron chi connectivity index (χ4n) is 6.68. The number of rotatable bonds is 12. The topological polar surface area (TPSA) is 90.5 Å². The Morgan fingerprint density at radius 1 is 0.909 bits per heavy atom. The highest BCUT2D eigenvalue weighted by atomic mass is 35.5. The Morgan fingerprint density at radius 2 is 1.61 bits per heavy atom. The molecule has 0 spiro atoms. The van der Waals surface area contributed by atoms with Gasteiger partial charge in [0.2, 0.25) is 11.8 Å². The van der Waals surface area contributed by atoms with Crippen molar-refractivity contribution >= 4 is 29.3 Å². The summed E-state index contributed by atoms with van der Waals surface area (Å²) in [7, 11) is 2.17. The van der Waals surface area contributed by atoms with Gasteiger partial charge in [-0.15, -0.1) is 0 Å². The van der Waals surface area contributed by atoms with Crippen LogP contribution in [-0.4, -0.2) is 60.9 Å². The van der Waals surface area contributed by atoms with Crippen LogP contribution < -0.4 is 16.0 Å². The number of likely N-dealkylation sites (tertiary alicyclic amines) is 1. The van der Waals surface area contributed by atoms with Gasteiger partial charge < -0.3 is 20.9 Å². The first-order valence-electron chi connectivity index (χ1n) is 16.6. The molecule has 3 amide bonds. The highest BCUT2D eigenvalue weighted by molar-refractivity contribution is 6.30. The van der Waals surface area contributed by atoms with Crippen molar-refractivity contribution in [2.24, 2.45) is 11.8 Å². The molecule has 0 aromatic heterocycles. The summed E-state index contributed by atoms with van der Waals surface area (Å²) in [6.07, 6.45) is 8.37. The zero-order valence-corrected chi connectivity index (χ0v) is 27.7. The number of benzene rings is 2. The monoisotopic (exact) mass is 622 g/mol. The van der Waals surface area contributed by atoms with Crippen molar-refractivity contribution in [1.29, 1.82) is 0 Å². The maximum absolute atomic E-state index is 13.6. The maximum atomic E-state index is 13.6. The Labute approximate surface area is 268 Å². The molecule has 8 heteroatoms. The molecule has 1 heterocycles. The van der Waals surface area contributed by atoms with Gasteiger partial charge >= 0.3 is 0 Å². The third-order valence-corrected chi connectivity index (χ3v) is 9.55. The number of piperidine rings is 1. The predicted octanol–water partition coefficient (Wildman–Crippen LogP) is 6.11. The SMILES string of the molecule is CC[C@H](NC(=O)c1ccc(CC2CCN(C)CC2)cc1)C(=O)N[C@@H](CC(C)C)C(=O)NC1CCCC[C@H]1c1cccc(Cl)c1. The normalized spacial score (nSPS) is 21.0. The van der Waals surface area contributed by atoms with Crippen molar-refractivity contribution in [1.82, 2.24) is 20.9 Å². The van der Waals surface area contributed by atoms with Gasteiger partial charge in [-0.1, -0.05) is 69.5 Å². The first-order chi connectivity index (χ1) is 21.1. The van der Waals surface area contributed by atoms with E-state index in [1.54, 1.807) is 0 Å². The van der Waals surface area contributed by atoms with Gasteiger partial charge in [0.05, 0.1) is 0 Å². The summed E-state index contributed by atoms with van der Waals surface area (Å²) in [5.74, 6) is 0.261. The van der Waals surface area contributed by atoms with E-state index in [4.69, 9.17) is 11.6 Å². The van der Waals surface area contributed by atoms with E-state index < -0.39 is 12.1 Å². The summed E-state index contributed by atoms with van der Waals surface area (Å²) in [6, 6.07) is 14.2. The van der Waals surface area contributed by atoms with Crippen LogP contribution in [0.4, 0.5) is 0 Å². The van der Waals surface area contributed by atoms with E-state index in [1.165, 1.54) is 18.4 Å². The summed E-state index contributed by atoms with van der Waals surface area (Å²) in [4.78, 5) is 42.6. The van der Waals surface area contributed by atoms with E-state index in [0.29, 0.717) is 29.3 Å². The van der Waals surface area contributed by atoms with Crippen LogP contribution in [0.2, 0.25) is 5.02 Å². The summed E-state index contributed by atoms with van der Waals surface area (Å²) in [5.41, 5.74) is 2.90. The Kier molecular flexibility index (Phi) is 12.7. The lowest BCUT2D eigenvalue weighted by Gasteiger charge is -2.34. The van der Waals surface area contributed by atoms with Gasteiger partial charge in [-0.25, -0.2) is 0 Å². The zero-order valence-electron chi connectivity index (χ0n) is 26.9. The summed E-state index contributed by atoms with van der Waals surface area (Å²) in [6.45, 7) is 8.21. The first kappa shape index (κ1) is 34.0. The number of carbonyl (C=O) groups excluding carboxylic acids is 3. The maximum Gasteiger partial charge on any atom is 0.251 e. The Bertz CT molecular complexity index is 1240. The van der Waals surface area contributed by atoms with Gasteiger partial charge in [0, 0.05) is 22.5 Å². The highest BCUT2D eigenvalue weighted by Crippen LogP contribution is 2.34. The molecule has 7 nitrogen and oxygen atoms in total. The van der Waals surface area contributed by atoms with Crippen molar-refractivity contribution < 1.29 is 14.4 Å². The van der Waals surface area contributed by atoms with E-state index >= 15 is 0 Å². The van der Waals surface area contributed by atoms with Gasteiger partial charge in [0.25, 0.3) is 5.91 Å². The minimum absolute atomic E-state index is 0.0228. The van der Waals surface area contributed by atoms with Crippen LogP contribution in [0.1, 0.15) is 99.5 Å². The molecule has 3 N–H and O–H groups in total. The molecule has 2 fully saturated rings. The van der Waals surface area contributed by atoms with Gasteiger partial charge in [-0.3, -0.25) is 14.4 Å². The molecule has 0 radical (unpaired) electrons. The zero-order chi connectivity index (χ0) is 31.6. The number of amides is 3. The summed E-state index contributed by atoms with van der Waals surface area (Å²) >= 11 is 6.28. The van der Waals surface area contributed by atoms with Crippen molar-refractivity contribution in [3.8, 4) is 0 Å². The van der Waals surface area contributed by atoms with Crippen molar-refractivity contribution in [2.45, 2.75) is 103 Å². The van der Waals surface area contributed by atoms with Crippen LogP contribution in [0.5, 0.6) is 0 Å². The molecule has 1 aliphatic carbocycles. The standard InChI is InChI=1S/C36H51ClN4O3/c1-5-31(38-34(42)27-15-13-25(14-16-27)22-26-17-19-41(4)20-18-26)35(43)40-33(21-24(2)3)36(44)39-32-12-7-6-11-30(32)28-9-8-10-29(37)23-28/h8-10,13-16,23-24,26,30-33H,5-7,11-12,17-22H2,1-4H3,(H,38,42)(H,39,44)(H,40,43)/t30-,31-,32?,33-/m0/s1. The van der Waals surface area contributed by atoms with E-state index in [2.05, 4.69) is 34.0 Å². The predicted molar refractivity (Wildman–Crippen MR) is 178 cm³/mol. The Balaban J connectivity index is 1.35. The molecule has 0 bridgehead atoms. The van der Waals surface area contributed by atoms with Crippen LogP contribution in [0.3, 0.4) is 0 Å². The molecule has 2 aromatic rings. The fraction of sp³-hybridized carbons (Fsp3) is 0.583. The Hall–Kier alpha value is -2.90. The average molecular weight is 623 g/mol. The molecule has 44 heavy (non-hydrogen) atoms. The average Bonchev–Trinajstić information content (AvgIpc) is 3.01. The number of hydrogen-bond acceptors (Lipinski definition) is 4. The lowest BCUT2D eigenvalue weighted by atomic mass is 9.80. The van der Waals surface area contributed by atoms with E-state index in [9.17, 15) is 14.4 Å². The summed E-state index contributed by atoms with van der Waals surface area (Å²) in [5, 5.41) is 9.84. The third kappa shape index (κ3) is 9.80. The van der Waals surface area contributed by atoms with Crippen molar-refractivity contribution in [3.05, 3.63) is 70.2 Å². The van der Waals surface area contributed by atoms with Crippen molar-refractivity contribution in [3.63, 3.8) is 0 Å². The molecule has 1 aliphatic heterocycles. The van der Waals surface area contributed by atoms with Crippen LogP contribution in [0.25, 0.3) is 0 Å². The summed E-state index contributed by atoms with van der Waals surface area (Å²) < 4.78 is 0. The molecule has 4 atom stereocenters. The van der Waals surface area contributed by atoms with Gasteiger partial charge in [0.15, 0.2) is 0 Å². The molecule has 1 unspecified atom stereocenters. The molecule has 240 valence electrons. The molecular formula is C36H51ClN4O3. The third-order valence-electron chi connectivity index (χ3n) is 9.32. The largest absolute Gasteiger partial charge is 0.351 e. The van der Waals surface area contributed by atoms with Crippen LogP contribution in [0.15, 0.2) is 48.5 Å². The quantitative estimate of drug-likeness (QED) is 0.267. The lowest BCUT2D eigenvalue weighted by molar-refractivity contribution is -0.131. The van der Waals surface area contributed by atoms with Gasteiger partial charge in [0.1, 0.15) is 12.1 Å². The van der Waals surface area contributed by atoms with E-state index in [1.807, 2.05) is 63.2 Å². The minimum Gasteiger partial charge on any atom is -0.351 e. The number of nitrogens with one attached hydrogen (secondary N) is 3. The van der Waals surface area contributed by atoms with E-state index in [-0.39, 0.29) is 35.6 Å². The fourth-order valence-corrected chi connectivity index (χ4v) is 6.88. The lowest BCUT2D eigenvalue weighted by Crippen LogP contribution is -2.55. The highest BCUT2D eigenvalue weighted by Gasteiger charge is 2.32. The van der Waals surface area contributed by atoms with Crippen LogP contribution >= 0.6 is 11.6 Å². The van der Waals surface area contributed by atoms with Gasteiger partial charge in [-0.2, -0.15) is 0 Å². The molecule has 4 rings (SSSR count). The van der Waals surface area contributed by atoms with E-state index in [0.717, 1.165) is 50.8 Å². The second kappa shape index (κ2) is 16.4.